The van der Waals surface area contributed by atoms with Crippen molar-refractivity contribution in [3.8, 4) is 11.5 Å². The summed E-state index contributed by atoms with van der Waals surface area (Å²) in [7, 11) is 1.40. The number of hydrogen-bond acceptors (Lipinski definition) is 5. The molecule has 25 heavy (non-hydrogen) atoms. The van der Waals surface area contributed by atoms with Crippen LogP contribution < -0.4 is 15.5 Å². The Kier molecular flexibility index (Phi) is 5.97. The Balaban J connectivity index is 2.08. The molecule has 0 radical (unpaired) electrons. The third-order valence-corrected chi connectivity index (χ3v) is 3.38. The monoisotopic (exact) mass is 361 g/mol. The first kappa shape index (κ1) is 18.3. The molecule has 0 aromatic heterocycles. The number of carbonyl (C=O) groups is 2. The van der Waals surface area contributed by atoms with Crippen LogP contribution in [0.15, 0.2) is 41.5 Å². The van der Waals surface area contributed by atoms with E-state index in [9.17, 15) is 14.7 Å². The minimum absolute atomic E-state index is 0.107. The first-order valence-electron chi connectivity index (χ1n) is 7.18. The second kappa shape index (κ2) is 8.16. The van der Waals surface area contributed by atoms with E-state index in [2.05, 4.69) is 15.8 Å². The highest BCUT2D eigenvalue weighted by Gasteiger charge is 2.08. The van der Waals surface area contributed by atoms with Crippen molar-refractivity contribution in [1.29, 1.82) is 0 Å². The predicted octanol–water partition coefficient (Wildman–Crippen LogP) is 2.78. The fraction of sp³-hybridized carbons (Fsp3) is 0.118. The number of phenolic OH excluding ortho intramolecular Hbond substituents is 1. The highest BCUT2D eigenvalue weighted by molar-refractivity contribution is 6.32. The zero-order valence-electron chi connectivity index (χ0n) is 13.5. The van der Waals surface area contributed by atoms with Gasteiger partial charge in [-0.15, -0.1) is 0 Å². The lowest BCUT2D eigenvalue weighted by molar-refractivity contribution is -0.114. The van der Waals surface area contributed by atoms with Gasteiger partial charge in [0, 0.05) is 18.2 Å². The van der Waals surface area contributed by atoms with Crippen LogP contribution >= 0.6 is 11.6 Å². The molecule has 0 heterocycles. The summed E-state index contributed by atoms with van der Waals surface area (Å²) in [6.07, 6.45) is 1.36. The Morgan fingerprint density at radius 2 is 2.04 bits per heavy atom. The number of nitrogens with zero attached hydrogens (tertiary/aromatic N) is 1. The minimum Gasteiger partial charge on any atom is -0.503 e. The number of phenols is 1. The lowest BCUT2D eigenvalue weighted by Crippen LogP contribution is -2.18. The molecule has 0 aliphatic rings. The summed E-state index contributed by atoms with van der Waals surface area (Å²) in [4.78, 5) is 23.1. The van der Waals surface area contributed by atoms with Crippen molar-refractivity contribution >= 4 is 35.3 Å². The molecule has 0 aliphatic heterocycles. The summed E-state index contributed by atoms with van der Waals surface area (Å²) in [5.41, 5.74) is 3.76. The molecule has 2 aromatic carbocycles. The Morgan fingerprint density at radius 1 is 1.28 bits per heavy atom. The lowest BCUT2D eigenvalue weighted by atomic mass is 10.2. The number of hydrogen-bond donors (Lipinski definition) is 3. The van der Waals surface area contributed by atoms with Crippen LogP contribution in [-0.2, 0) is 4.79 Å². The predicted molar refractivity (Wildman–Crippen MR) is 95.5 cm³/mol. The number of amides is 2. The maximum absolute atomic E-state index is 12.1. The fourth-order valence-electron chi connectivity index (χ4n) is 2.00. The molecule has 8 heteroatoms. The summed E-state index contributed by atoms with van der Waals surface area (Å²) in [5.74, 6) is -0.641. The Hall–Kier alpha value is -3.06. The maximum Gasteiger partial charge on any atom is 0.271 e. The largest absolute Gasteiger partial charge is 0.503 e. The van der Waals surface area contributed by atoms with E-state index in [4.69, 9.17) is 16.3 Å². The minimum atomic E-state index is -0.444. The lowest BCUT2D eigenvalue weighted by Gasteiger charge is -2.06. The van der Waals surface area contributed by atoms with E-state index in [1.54, 1.807) is 18.2 Å². The van der Waals surface area contributed by atoms with Gasteiger partial charge < -0.3 is 15.2 Å². The summed E-state index contributed by atoms with van der Waals surface area (Å²) < 4.78 is 4.99. The average molecular weight is 362 g/mol. The molecular weight excluding hydrogens is 346 g/mol. The molecule has 0 unspecified atom stereocenters. The number of benzene rings is 2. The normalized spacial score (nSPS) is 10.5. The quantitative estimate of drug-likeness (QED) is 0.563. The van der Waals surface area contributed by atoms with Crippen LogP contribution in [0.5, 0.6) is 11.5 Å². The zero-order valence-corrected chi connectivity index (χ0v) is 14.3. The Labute approximate surface area is 149 Å². The van der Waals surface area contributed by atoms with Crippen LogP contribution in [0, 0.1) is 0 Å². The Morgan fingerprint density at radius 3 is 2.72 bits per heavy atom. The summed E-state index contributed by atoms with van der Waals surface area (Å²) in [6, 6.07) is 9.45. The number of ether oxygens (including phenoxy) is 1. The number of carbonyl (C=O) groups excluding carboxylic acids is 2. The third kappa shape index (κ3) is 4.95. The van der Waals surface area contributed by atoms with E-state index in [-0.39, 0.29) is 22.4 Å². The summed E-state index contributed by atoms with van der Waals surface area (Å²) in [5, 5.41) is 16.2. The zero-order chi connectivity index (χ0) is 18.4. The molecule has 130 valence electrons. The van der Waals surface area contributed by atoms with E-state index >= 15 is 0 Å². The molecule has 0 spiro atoms. The van der Waals surface area contributed by atoms with Crippen LogP contribution in [0.25, 0.3) is 0 Å². The van der Waals surface area contributed by atoms with Crippen LogP contribution in [0.4, 0.5) is 5.69 Å². The molecule has 2 aromatic rings. The molecule has 2 rings (SSSR count). The number of rotatable bonds is 5. The molecule has 0 saturated heterocycles. The highest BCUT2D eigenvalue weighted by Crippen LogP contribution is 2.34. The van der Waals surface area contributed by atoms with Crippen LogP contribution in [-0.4, -0.2) is 30.2 Å². The van der Waals surface area contributed by atoms with Crippen LogP contribution in [0.1, 0.15) is 22.8 Å². The first-order valence-corrected chi connectivity index (χ1v) is 7.56. The van der Waals surface area contributed by atoms with Gasteiger partial charge in [-0.05, 0) is 35.9 Å². The number of anilines is 1. The number of hydrazone groups is 1. The van der Waals surface area contributed by atoms with Crippen molar-refractivity contribution < 1.29 is 19.4 Å². The van der Waals surface area contributed by atoms with Gasteiger partial charge in [-0.25, -0.2) is 5.43 Å². The van der Waals surface area contributed by atoms with Gasteiger partial charge in [0.25, 0.3) is 5.91 Å². The standard InChI is InChI=1S/C17H16ClN3O4/c1-10(22)20-13-5-3-4-12(8-13)17(24)21-19-9-11-6-14(18)16(23)15(7-11)25-2/h3-9,23H,1-2H3,(H,20,22)(H,21,24)/b19-9-. The van der Waals surface area contributed by atoms with Gasteiger partial charge in [-0.2, -0.15) is 5.10 Å². The van der Waals surface area contributed by atoms with Crippen molar-refractivity contribution in [1.82, 2.24) is 5.43 Å². The third-order valence-electron chi connectivity index (χ3n) is 3.10. The summed E-state index contributed by atoms with van der Waals surface area (Å²) in [6.45, 7) is 1.38. The first-order chi connectivity index (χ1) is 11.9. The fourth-order valence-corrected chi connectivity index (χ4v) is 2.21. The molecule has 0 fully saturated rings. The number of halogens is 1. The van der Waals surface area contributed by atoms with E-state index in [0.29, 0.717) is 16.8 Å². The van der Waals surface area contributed by atoms with Crippen molar-refractivity contribution in [3.05, 3.63) is 52.5 Å². The SMILES string of the molecule is COc1cc(/C=N\NC(=O)c2cccc(NC(C)=O)c2)cc(Cl)c1O. The van der Waals surface area contributed by atoms with E-state index in [1.807, 2.05) is 0 Å². The Bertz CT molecular complexity index is 837. The van der Waals surface area contributed by atoms with Gasteiger partial charge in [0.1, 0.15) is 0 Å². The second-order valence-corrected chi connectivity index (χ2v) is 5.42. The number of nitrogens with one attached hydrogen (secondary N) is 2. The van der Waals surface area contributed by atoms with Crippen molar-refractivity contribution in [3.63, 3.8) is 0 Å². The molecule has 7 nitrogen and oxygen atoms in total. The van der Waals surface area contributed by atoms with Crippen molar-refractivity contribution in [2.24, 2.45) is 5.10 Å². The van der Waals surface area contributed by atoms with Gasteiger partial charge in [-0.3, -0.25) is 9.59 Å². The summed E-state index contributed by atoms with van der Waals surface area (Å²) >= 11 is 5.88. The highest BCUT2D eigenvalue weighted by atomic mass is 35.5. The van der Waals surface area contributed by atoms with Crippen LogP contribution in [0.2, 0.25) is 5.02 Å². The van der Waals surface area contributed by atoms with Gasteiger partial charge in [-0.1, -0.05) is 17.7 Å². The number of aromatic hydroxyl groups is 1. The molecule has 0 saturated carbocycles. The van der Waals surface area contributed by atoms with E-state index in [0.717, 1.165) is 0 Å². The molecular formula is C17H16ClN3O4. The van der Waals surface area contributed by atoms with Gasteiger partial charge in [0.2, 0.25) is 5.91 Å². The average Bonchev–Trinajstić information content (AvgIpc) is 2.57. The van der Waals surface area contributed by atoms with Crippen LogP contribution in [0.3, 0.4) is 0 Å². The molecule has 2 amide bonds. The van der Waals surface area contributed by atoms with Gasteiger partial charge >= 0.3 is 0 Å². The van der Waals surface area contributed by atoms with Crippen molar-refractivity contribution in [2.75, 3.05) is 12.4 Å². The molecule has 3 N–H and O–H groups in total. The maximum atomic E-state index is 12.1. The smallest absolute Gasteiger partial charge is 0.271 e. The topological polar surface area (TPSA) is 100 Å². The molecule has 0 bridgehead atoms. The second-order valence-electron chi connectivity index (χ2n) is 5.01. The van der Waals surface area contributed by atoms with Crippen molar-refractivity contribution in [2.45, 2.75) is 6.92 Å². The van der Waals surface area contributed by atoms with Gasteiger partial charge in [0.15, 0.2) is 11.5 Å². The van der Waals surface area contributed by atoms with Gasteiger partial charge in [0.05, 0.1) is 18.3 Å². The van der Waals surface area contributed by atoms with E-state index < -0.39 is 5.91 Å². The molecule has 0 aliphatic carbocycles. The number of methoxy groups -OCH3 is 1. The molecule has 0 atom stereocenters. The van der Waals surface area contributed by atoms with E-state index in [1.165, 1.54) is 38.4 Å².